The summed E-state index contributed by atoms with van der Waals surface area (Å²) in [6.45, 7) is 66.6. The van der Waals surface area contributed by atoms with Crippen molar-refractivity contribution in [2.75, 3.05) is 11.5 Å². The number of halogens is 3. The Morgan fingerprint density at radius 2 is 0.488 bits per heavy atom. The Balaban J connectivity index is 0.000000671. The average molecular weight is 1670 g/mol. The molecule has 0 aliphatic heterocycles. The minimum Gasteiger partial charge on any atom is -0.508 e. The van der Waals surface area contributed by atoms with E-state index in [4.69, 9.17) is 16.6 Å². The number of aryl methyl sites for hydroxylation is 7. The number of para-hydroxylation sites is 2. The second kappa shape index (κ2) is 59.4. The topological polar surface area (TPSA) is 92.5 Å². The zero-order chi connectivity index (χ0) is 93.2. The molecule has 0 amide bonds. The fraction of sp³-hybridized carbons (Fsp3) is 0.379. The monoisotopic (exact) mass is 1670 g/mol. The maximum atomic E-state index is 12.2. The number of phenols is 2. The second-order valence-electron chi connectivity index (χ2n) is 35.7. The Hall–Kier alpha value is -10.4. The Morgan fingerprint density at radius 3 is 0.724 bits per heavy atom. The van der Waals surface area contributed by atoms with Gasteiger partial charge < -0.3 is 21.7 Å². The van der Waals surface area contributed by atoms with Crippen molar-refractivity contribution >= 4 is 11.4 Å². The molecule has 7 heteroatoms. The number of alkyl halides is 3. The van der Waals surface area contributed by atoms with Crippen LogP contribution in [0.2, 0.25) is 0 Å². The molecule has 0 fully saturated rings. The molecule has 0 aromatic heterocycles. The lowest BCUT2D eigenvalue weighted by Gasteiger charge is -2.10. The lowest BCUT2D eigenvalue weighted by Crippen LogP contribution is -2.05. The van der Waals surface area contributed by atoms with Crippen LogP contribution in [-0.2, 0) is 6.18 Å². The number of benzene rings is 12. The number of hydrogen-bond acceptors (Lipinski definition) is 4. The van der Waals surface area contributed by atoms with Gasteiger partial charge in [-0.3, -0.25) is 0 Å². The molecule has 0 unspecified atom stereocenters. The minimum absolute atomic E-state index is 0.127. The highest BCUT2D eigenvalue weighted by Crippen LogP contribution is 2.32. The smallest absolute Gasteiger partial charge is 0.416 e. The molecule has 0 atom stereocenters. The van der Waals surface area contributed by atoms with Crippen molar-refractivity contribution in [3.8, 4) is 11.5 Å². The summed E-state index contributed by atoms with van der Waals surface area (Å²) in [4.78, 5) is 0. The van der Waals surface area contributed by atoms with Crippen molar-refractivity contribution < 1.29 is 23.4 Å². The van der Waals surface area contributed by atoms with Gasteiger partial charge in [-0.05, 0) is 240 Å². The highest BCUT2D eigenvalue weighted by Gasteiger charge is 2.30. The Bertz CT molecular complexity index is 4240. The number of nitrogen functional groups attached to an aromatic ring is 2. The third-order valence-corrected chi connectivity index (χ3v) is 20.5. The summed E-state index contributed by atoms with van der Waals surface area (Å²) in [6.07, 6.45) is -4.23. The van der Waals surface area contributed by atoms with Crippen LogP contribution in [-0.4, -0.2) is 10.2 Å². The number of hydrogen-bond donors (Lipinski definition) is 4. The van der Waals surface area contributed by atoms with Crippen LogP contribution in [0.25, 0.3) is 0 Å². The molecule has 0 saturated carbocycles. The van der Waals surface area contributed by atoms with Crippen LogP contribution in [0.15, 0.2) is 291 Å². The molecule has 123 heavy (non-hydrogen) atoms. The van der Waals surface area contributed by atoms with E-state index in [9.17, 15) is 18.3 Å². The van der Waals surface area contributed by atoms with E-state index in [0.717, 1.165) is 28.6 Å². The van der Waals surface area contributed by atoms with Gasteiger partial charge in [-0.1, -0.05) is 443 Å². The predicted molar refractivity (Wildman–Crippen MR) is 537 cm³/mol. The molecular formula is C116H159F3N2O2. The van der Waals surface area contributed by atoms with Gasteiger partial charge in [0, 0.05) is 11.4 Å². The molecule has 0 heterocycles. The van der Waals surface area contributed by atoms with Gasteiger partial charge in [0.15, 0.2) is 0 Å². The molecule has 4 nitrogen and oxygen atoms in total. The first-order valence-electron chi connectivity index (χ1n) is 44.5. The van der Waals surface area contributed by atoms with Crippen LogP contribution in [0.4, 0.5) is 24.5 Å². The first-order chi connectivity index (χ1) is 57.7. The lowest BCUT2D eigenvalue weighted by atomic mass is 9.99. The number of anilines is 2. The fourth-order valence-corrected chi connectivity index (χ4v) is 12.2. The fourth-order valence-electron chi connectivity index (χ4n) is 12.2. The quantitative estimate of drug-likeness (QED) is 0.0917. The SMILES string of the molecule is CC(C)c1cccc(C(F)(F)F)c1.CC(C)c1cccc(N)c1.CC(C)c1cccc(O)c1.CC(C)c1ccccc1N.CC(C)c1ccccc1O.Cc1ccc(C(C)C)cc1.Cc1ccc(C(C)C)cc1.Cc1ccc(C(C)C)cc1.Cc1ccc(C(C)C)cc1.Cc1cccc(C(C)C)c1.Cc1ccccc1C(C)C.Cc1ccccc1C(C)C. The van der Waals surface area contributed by atoms with Crippen molar-refractivity contribution in [2.24, 2.45) is 0 Å². The van der Waals surface area contributed by atoms with E-state index in [1.807, 2.05) is 80.6 Å². The Labute approximate surface area is 747 Å². The predicted octanol–water partition coefficient (Wildman–Crippen LogP) is 35.5. The van der Waals surface area contributed by atoms with E-state index >= 15 is 0 Å². The van der Waals surface area contributed by atoms with Crippen LogP contribution in [0.1, 0.15) is 348 Å². The van der Waals surface area contributed by atoms with E-state index < -0.39 is 11.7 Å². The van der Waals surface area contributed by atoms with Crippen LogP contribution in [0.5, 0.6) is 11.5 Å². The molecule has 12 rings (SSSR count). The summed E-state index contributed by atoms with van der Waals surface area (Å²) in [5, 5.41) is 18.3. The minimum atomic E-state index is -4.23. The van der Waals surface area contributed by atoms with E-state index in [1.165, 1.54) is 107 Å². The summed E-state index contributed by atoms with van der Waals surface area (Å²) in [6, 6.07) is 96.8. The molecule has 0 saturated heterocycles. The van der Waals surface area contributed by atoms with Gasteiger partial charge in [-0.2, -0.15) is 13.2 Å². The van der Waals surface area contributed by atoms with Crippen LogP contribution in [0, 0.1) is 48.5 Å². The van der Waals surface area contributed by atoms with Gasteiger partial charge >= 0.3 is 6.18 Å². The van der Waals surface area contributed by atoms with Crippen molar-refractivity contribution in [3.05, 3.63) is 402 Å². The summed E-state index contributed by atoms with van der Waals surface area (Å²) in [7, 11) is 0. The average Bonchev–Trinajstić information content (AvgIpc) is 0.833. The number of aromatic hydroxyl groups is 2. The maximum absolute atomic E-state index is 12.2. The number of nitrogens with two attached hydrogens (primary N) is 2. The van der Waals surface area contributed by atoms with Gasteiger partial charge in [0.05, 0.1) is 5.56 Å². The zero-order valence-electron chi connectivity index (χ0n) is 81.3. The van der Waals surface area contributed by atoms with Crippen LogP contribution >= 0.6 is 0 Å². The van der Waals surface area contributed by atoms with Gasteiger partial charge in [0.1, 0.15) is 11.5 Å². The molecule has 12 aromatic rings. The van der Waals surface area contributed by atoms with Gasteiger partial charge in [-0.25, -0.2) is 0 Å². The summed E-state index contributed by atoms with van der Waals surface area (Å²) >= 11 is 0. The van der Waals surface area contributed by atoms with E-state index in [2.05, 4.69) is 383 Å². The molecule has 0 aliphatic carbocycles. The van der Waals surface area contributed by atoms with Crippen LogP contribution in [0.3, 0.4) is 0 Å². The zero-order valence-corrected chi connectivity index (χ0v) is 81.3. The summed E-state index contributed by atoms with van der Waals surface area (Å²) < 4.78 is 36.7. The molecule has 666 valence electrons. The number of phenolic OH excluding ortho intramolecular Hbond substituents is 2. The third-order valence-electron chi connectivity index (χ3n) is 20.5. The van der Waals surface area contributed by atoms with Gasteiger partial charge in [-0.15, -0.1) is 0 Å². The van der Waals surface area contributed by atoms with E-state index in [0.29, 0.717) is 76.6 Å². The normalized spacial score (nSPS) is 10.6. The molecule has 0 spiro atoms. The Morgan fingerprint density at radius 1 is 0.220 bits per heavy atom. The van der Waals surface area contributed by atoms with Gasteiger partial charge in [0.2, 0.25) is 0 Å². The standard InChI is InChI=1S/C10H11F3.7C10H14.2C9H13N.2C9H12O/c1-7(2)8-4-3-5-9(6-8)10(11,12)13;4*1-8(2)10-6-4-9(3)5-7-10;1-8(2)10-6-4-5-9(3)7-10;2*1-8(2)10-7-5-4-6-9(10)3;1-7(2)8-4-3-5-9(10)6-8;1-7(2)8-5-3-4-6-9(8)10;1-7(2)8-4-3-5-9(10)6-8;1-7(2)8-5-3-4-6-9(8)10/h3-7H,1-2H3;7*4-8H,1-3H3;2*3-7H,10H2,1-2H3;2*3-7,10H,1-2H3. The van der Waals surface area contributed by atoms with Gasteiger partial charge in [0.25, 0.3) is 0 Å². The first-order valence-corrected chi connectivity index (χ1v) is 44.5. The molecule has 12 aromatic carbocycles. The van der Waals surface area contributed by atoms with Crippen molar-refractivity contribution in [1.29, 1.82) is 0 Å². The van der Waals surface area contributed by atoms with E-state index in [-0.39, 0.29) is 5.92 Å². The number of rotatable bonds is 12. The molecular weight excluding hydrogens is 1510 g/mol. The third kappa shape index (κ3) is 47.7. The van der Waals surface area contributed by atoms with Crippen molar-refractivity contribution in [3.63, 3.8) is 0 Å². The first kappa shape index (κ1) is 111. The van der Waals surface area contributed by atoms with Crippen LogP contribution < -0.4 is 11.5 Å². The highest BCUT2D eigenvalue weighted by atomic mass is 19.4. The van der Waals surface area contributed by atoms with Crippen molar-refractivity contribution in [2.45, 2.75) is 292 Å². The molecule has 6 N–H and O–H groups in total. The highest BCUT2D eigenvalue weighted by molar-refractivity contribution is 5.48. The molecule has 0 bridgehead atoms. The van der Waals surface area contributed by atoms with E-state index in [1.54, 1.807) is 24.3 Å². The summed E-state index contributed by atoms with van der Waals surface area (Å²) in [5.74, 6) is 7.45. The summed E-state index contributed by atoms with van der Waals surface area (Å²) in [5.41, 5.74) is 37.5. The lowest BCUT2D eigenvalue weighted by molar-refractivity contribution is -0.137. The molecule has 0 radical (unpaired) electrons. The van der Waals surface area contributed by atoms with Crippen molar-refractivity contribution in [1.82, 2.24) is 0 Å². The maximum Gasteiger partial charge on any atom is 0.416 e. The second-order valence-corrected chi connectivity index (χ2v) is 35.7. The molecule has 0 aliphatic rings. The largest absolute Gasteiger partial charge is 0.508 e. The Kier molecular flexibility index (Phi) is 53.5.